The Hall–Kier alpha value is -2.94. The Kier molecular flexibility index (Phi) is 7.40. The second-order valence-corrected chi connectivity index (χ2v) is 8.17. The fraction of sp³-hybridized carbons (Fsp3) is 0.345. The molecule has 2 N–H and O–H groups in total. The maximum Gasteiger partial charge on any atom is 0.0346 e. The average Bonchev–Trinajstić information content (AvgIpc) is 3.48. The van der Waals surface area contributed by atoms with Gasteiger partial charge in [-0.05, 0) is 73.4 Å². The van der Waals surface area contributed by atoms with Gasteiger partial charge in [-0.2, -0.15) is 0 Å². The number of nitrogen functional groups attached to an aromatic ring is 1. The molecule has 2 aromatic rings. The first-order valence-corrected chi connectivity index (χ1v) is 11.2. The second-order valence-electron chi connectivity index (χ2n) is 8.17. The van der Waals surface area contributed by atoms with Crippen molar-refractivity contribution < 1.29 is 0 Å². The maximum absolute atomic E-state index is 6.01. The fourth-order valence-corrected chi connectivity index (χ4v) is 3.96. The molecular formula is C29H33N. The summed E-state index contributed by atoms with van der Waals surface area (Å²) in [4.78, 5) is 0. The third-order valence-corrected chi connectivity index (χ3v) is 5.73. The van der Waals surface area contributed by atoms with Crippen LogP contribution in [0.25, 0.3) is 11.1 Å². The van der Waals surface area contributed by atoms with E-state index >= 15 is 0 Å². The molecule has 3 rings (SSSR count). The van der Waals surface area contributed by atoms with Crippen LogP contribution in [0.3, 0.4) is 0 Å². The number of aryl methyl sites for hydroxylation is 1. The monoisotopic (exact) mass is 395 g/mol. The van der Waals surface area contributed by atoms with Gasteiger partial charge in [0.05, 0.1) is 0 Å². The minimum Gasteiger partial charge on any atom is -0.399 e. The minimum atomic E-state index is 0.563. The molecule has 0 spiro atoms. The molecule has 1 atom stereocenters. The highest BCUT2D eigenvalue weighted by molar-refractivity contribution is 5.88. The molecule has 1 nitrogen and oxygen atoms in total. The molecule has 0 aromatic heterocycles. The van der Waals surface area contributed by atoms with Crippen molar-refractivity contribution in [1.82, 2.24) is 0 Å². The van der Waals surface area contributed by atoms with E-state index in [9.17, 15) is 0 Å². The Morgan fingerprint density at radius 2 is 1.80 bits per heavy atom. The molecule has 2 aromatic carbocycles. The van der Waals surface area contributed by atoms with Crippen molar-refractivity contribution in [2.75, 3.05) is 5.73 Å². The van der Waals surface area contributed by atoms with Crippen LogP contribution in [0.1, 0.15) is 81.0 Å². The normalized spacial score (nSPS) is 13.8. The second kappa shape index (κ2) is 10.2. The van der Waals surface area contributed by atoms with Crippen molar-refractivity contribution in [2.45, 2.75) is 65.7 Å². The molecule has 1 heteroatoms. The lowest BCUT2D eigenvalue weighted by molar-refractivity contribution is 0.578. The van der Waals surface area contributed by atoms with Crippen molar-refractivity contribution in [1.29, 1.82) is 0 Å². The number of anilines is 1. The molecule has 154 valence electrons. The molecule has 0 heterocycles. The number of nitrogens with two attached hydrogens (primary N) is 1. The van der Waals surface area contributed by atoms with Crippen LogP contribution >= 0.6 is 0 Å². The molecule has 0 fully saturated rings. The third kappa shape index (κ3) is 5.56. The number of allylic oxidation sites excluding steroid dienone is 3. The van der Waals surface area contributed by atoms with E-state index in [2.05, 4.69) is 81.7 Å². The Morgan fingerprint density at radius 1 is 1.07 bits per heavy atom. The lowest BCUT2D eigenvalue weighted by Gasteiger charge is -2.15. The van der Waals surface area contributed by atoms with Gasteiger partial charge in [-0.25, -0.2) is 0 Å². The number of benzene rings is 2. The Bertz CT molecular complexity index is 1050. The van der Waals surface area contributed by atoms with E-state index in [0.717, 1.165) is 36.1 Å². The van der Waals surface area contributed by atoms with Crippen LogP contribution in [0.2, 0.25) is 0 Å². The average molecular weight is 396 g/mol. The first-order chi connectivity index (χ1) is 14.5. The van der Waals surface area contributed by atoms with Gasteiger partial charge in [-0.3, -0.25) is 0 Å². The fourth-order valence-electron chi connectivity index (χ4n) is 3.96. The molecule has 0 radical (unpaired) electrons. The van der Waals surface area contributed by atoms with Gasteiger partial charge in [0, 0.05) is 28.8 Å². The van der Waals surface area contributed by atoms with Gasteiger partial charge in [0.25, 0.3) is 0 Å². The van der Waals surface area contributed by atoms with E-state index in [0.29, 0.717) is 5.92 Å². The highest BCUT2D eigenvalue weighted by Gasteiger charge is 2.14. The predicted octanol–water partition coefficient (Wildman–Crippen LogP) is 7.68. The van der Waals surface area contributed by atoms with Crippen molar-refractivity contribution in [3.8, 4) is 11.8 Å². The van der Waals surface area contributed by atoms with E-state index in [-0.39, 0.29) is 0 Å². The van der Waals surface area contributed by atoms with E-state index in [1.54, 1.807) is 0 Å². The SMILES string of the molecule is CC/C=C(\C#CCCC(CCC)c1ccc(C2=C=C2C)cc1)c1cc(N)ccc1C. The summed E-state index contributed by atoms with van der Waals surface area (Å²) in [5.74, 6) is 7.44. The number of hydrogen-bond donors (Lipinski definition) is 1. The van der Waals surface area contributed by atoms with Gasteiger partial charge in [-0.15, -0.1) is 5.73 Å². The molecule has 0 amide bonds. The number of rotatable bonds is 8. The molecule has 1 aliphatic rings. The predicted molar refractivity (Wildman–Crippen MR) is 131 cm³/mol. The van der Waals surface area contributed by atoms with Crippen molar-refractivity contribution >= 4 is 16.8 Å². The third-order valence-electron chi connectivity index (χ3n) is 5.73. The quantitative estimate of drug-likeness (QED) is 0.277. The first kappa shape index (κ1) is 21.8. The van der Waals surface area contributed by atoms with Gasteiger partial charge in [0.15, 0.2) is 0 Å². The summed E-state index contributed by atoms with van der Waals surface area (Å²) in [6, 6.07) is 15.1. The topological polar surface area (TPSA) is 26.0 Å². The summed E-state index contributed by atoms with van der Waals surface area (Å²) >= 11 is 0. The Labute approximate surface area is 182 Å². The molecule has 0 bridgehead atoms. The maximum atomic E-state index is 6.01. The van der Waals surface area contributed by atoms with Crippen LogP contribution in [-0.2, 0) is 0 Å². The van der Waals surface area contributed by atoms with Crippen LogP contribution in [0.15, 0.2) is 59.8 Å². The largest absolute Gasteiger partial charge is 0.399 e. The first-order valence-electron chi connectivity index (χ1n) is 11.2. The minimum absolute atomic E-state index is 0.563. The molecule has 1 unspecified atom stereocenters. The van der Waals surface area contributed by atoms with E-state index < -0.39 is 0 Å². The van der Waals surface area contributed by atoms with Crippen LogP contribution in [0.4, 0.5) is 5.69 Å². The van der Waals surface area contributed by atoms with E-state index in [4.69, 9.17) is 5.73 Å². The van der Waals surface area contributed by atoms with E-state index in [1.807, 2.05) is 12.1 Å². The summed E-state index contributed by atoms with van der Waals surface area (Å²) in [5, 5.41) is 0. The molecule has 0 saturated heterocycles. The molecule has 0 saturated carbocycles. The van der Waals surface area contributed by atoms with Gasteiger partial charge >= 0.3 is 0 Å². The highest BCUT2D eigenvalue weighted by Crippen LogP contribution is 2.33. The van der Waals surface area contributed by atoms with Gasteiger partial charge in [-0.1, -0.05) is 68.5 Å². The molecule has 1 aliphatic carbocycles. The summed E-state index contributed by atoms with van der Waals surface area (Å²) in [6.45, 7) is 8.66. The van der Waals surface area contributed by atoms with Crippen molar-refractivity contribution in [3.63, 3.8) is 0 Å². The van der Waals surface area contributed by atoms with Crippen LogP contribution in [-0.4, -0.2) is 0 Å². The Balaban J connectivity index is 1.68. The molecule has 0 aliphatic heterocycles. The summed E-state index contributed by atoms with van der Waals surface area (Å²) < 4.78 is 0. The van der Waals surface area contributed by atoms with Crippen LogP contribution in [0, 0.1) is 18.8 Å². The van der Waals surface area contributed by atoms with Gasteiger partial charge in [0.1, 0.15) is 0 Å². The van der Waals surface area contributed by atoms with Crippen molar-refractivity contribution in [2.24, 2.45) is 0 Å². The zero-order valence-corrected chi connectivity index (χ0v) is 18.8. The Morgan fingerprint density at radius 3 is 2.43 bits per heavy atom. The number of hydrogen-bond acceptors (Lipinski definition) is 1. The summed E-state index contributed by atoms with van der Waals surface area (Å²) in [5.41, 5.74) is 18.9. The standard InChI is InChI=1S/C29H33N/c1-5-9-23(24-14-16-26(17-15-24)28-19-22(28)4)11-7-8-12-25(10-6-2)29-20-27(30)18-13-21(29)3/h10,13-18,20,23H,5-7,9,11,30H2,1-4H3/b25-10+. The van der Waals surface area contributed by atoms with E-state index in [1.165, 1.54) is 40.7 Å². The molecule has 30 heavy (non-hydrogen) atoms. The lowest BCUT2D eigenvalue weighted by Crippen LogP contribution is -1.98. The van der Waals surface area contributed by atoms with Gasteiger partial charge < -0.3 is 5.73 Å². The van der Waals surface area contributed by atoms with Crippen molar-refractivity contribution in [3.05, 3.63) is 82.1 Å². The summed E-state index contributed by atoms with van der Waals surface area (Å²) in [6.07, 6.45) is 7.56. The molecular weight excluding hydrogens is 362 g/mol. The zero-order chi connectivity index (χ0) is 21.5. The van der Waals surface area contributed by atoms with Gasteiger partial charge in [0.2, 0.25) is 0 Å². The lowest BCUT2D eigenvalue weighted by atomic mass is 9.89. The van der Waals surface area contributed by atoms with Crippen LogP contribution < -0.4 is 5.73 Å². The summed E-state index contributed by atoms with van der Waals surface area (Å²) in [7, 11) is 0. The zero-order valence-electron chi connectivity index (χ0n) is 18.8. The highest BCUT2D eigenvalue weighted by atomic mass is 14.5. The smallest absolute Gasteiger partial charge is 0.0346 e. The van der Waals surface area contributed by atoms with Crippen LogP contribution in [0.5, 0.6) is 0 Å².